The van der Waals surface area contributed by atoms with Gasteiger partial charge in [0.05, 0.1) is 18.6 Å². The van der Waals surface area contributed by atoms with E-state index in [1.165, 1.54) is 4.90 Å². The highest BCUT2D eigenvalue weighted by molar-refractivity contribution is 7.39. The first kappa shape index (κ1) is 32.1. The van der Waals surface area contributed by atoms with Crippen LogP contribution in [0, 0.1) is 0 Å². The van der Waals surface area contributed by atoms with Crippen LogP contribution in [0.15, 0.2) is 91.6 Å². The molecule has 2 unspecified atom stereocenters. The van der Waals surface area contributed by atoms with Crippen LogP contribution in [0.1, 0.15) is 16.7 Å². The lowest BCUT2D eigenvalue weighted by molar-refractivity contribution is -0.189. The van der Waals surface area contributed by atoms with E-state index >= 15 is 0 Å². The Morgan fingerprint density at radius 1 is 1.06 bits per heavy atom. The second-order valence-electron chi connectivity index (χ2n) is 11.5. The maximum absolute atomic E-state index is 14.4. The molecular weight excluding hydrogens is 621 g/mol. The molecule has 4 aromatic rings. The summed E-state index contributed by atoms with van der Waals surface area (Å²) in [6.45, 7) is 4.58. The molecule has 3 heterocycles. The minimum Gasteiger partial charge on any atom is -0.427 e. The lowest BCUT2D eigenvalue weighted by Gasteiger charge is -2.55. The molecule has 2 aliphatic rings. The van der Waals surface area contributed by atoms with Gasteiger partial charge in [0.25, 0.3) is 0 Å². The van der Waals surface area contributed by atoms with Crippen LogP contribution in [0.3, 0.4) is 0 Å². The number of nitrogens with one attached hydrogen (secondary N) is 1. The molecular formula is C33H36N7O6P. The van der Waals surface area contributed by atoms with Crippen LogP contribution in [0.5, 0.6) is 5.75 Å². The Labute approximate surface area is 273 Å². The molecule has 13 nitrogen and oxygen atoms in total. The average molecular weight is 658 g/mol. The minimum atomic E-state index is -2.58. The highest BCUT2D eigenvalue weighted by Gasteiger charge is 2.51. The van der Waals surface area contributed by atoms with Gasteiger partial charge >= 0.3 is 14.6 Å². The normalized spacial score (nSPS) is 18.5. The number of carbonyl (C=O) groups is 3. The monoisotopic (exact) mass is 657 g/mol. The molecule has 14 heteroatoms. The van der Waals surface area contributed by atoms with Crippen molar-refractivity contribution in [2.24, 2.45) is 7.05 Å². The molecule has 4 amide bonds. The number of hydrogen-bond acceptors (Lipinski definition) is 8. The number of carbonyl (C=O) groups excluding carboxylic acids is 3. The van der Waals surface area contributed by atoms with E-state index in [4.69, 9.17) is 4.52 Å². The van der Waals surface area contributed by atoms with Gasteiger partial charge in [-0.3, -0.25) is 14.3 Å². The van der Waals surface area contributed by atoms with Gasteiger partial charge in [-0.15, -0.1) is 6.58 Å². The Kier molecular flexibility index (Phi) is 9.50. The SMILES string of the molecule is C=CCN1CC(=O)N2C(Cc3ccc(OP(O)O)cc3)C(=O)N(Cc3cccc4cn(C)nc34)CC2N1C(=O)NCc1ccccc1. The Morgan fingerprint density at radius 2 is 1.83 bits per heavy atom. The predicted octanol–water partition coefficient (Wildman–Crippen LogP) is 2.90. The van der Waals surface area contributed by atoms with Gasteiger partial charge in [-0.25, -0.2) is 14.8 Å². The van der Waals surface area contributed by atoms with Crippen LogP contribution < -0.4 is 9.84 Å². The number of nitrogens with zero attached hydrogens (tertiary/aromatic N) is 6. The number of hydrazine groups is 1. The van der Waals surface area contributed by atoms with Crippen molar-refractivity contribution in [3.63, 3.8) is 0 Å². The molecule has 3 aromatic carbocycles. The number of urea groups is 1. The summed E-state index contributed by atoms with van der Waals surface area (Å²) >= 11 is 0. The summed E-state index contributed by atoms with van der Waals surface area (Å²) in [6.07, 6.45) is 2.92. The third-order valence-corrected chi connectivity index (χ3v) is 8.67. The molecule has 2 fully saturated rings. The van der Waals surface area contributed by atoms with Gasteiger partial charge in [0.2, 0.25) is 11.8 Å². The van der Waals surface area contributed by atoms with Gasteiger partial charge < -0.3 is 29.4 Å². The van der Waals surface area contributed by atoms with E-state index in [9.17, 15) is 24.2 Å². The molecule has 2 atom stereocenters. The van der Waals surface area contributed by atoms with Crippen LogP contribution in [0.2, 0.25) is 0 Å². The van der Waals surface area contributed by atoms with Gasteiger partial charge in [-0.1, -0.05) is 66.7 Å². The highest BCUT2D eigenvalue weighted by atomic mass is 31.2. The number of aromatic nitrogens is 2. The second-order valence-corrected chi connectivity index (χ2v) is 12.2. The van der Waals surface area contributed by atoms with Crippen molar-refractivity contribution in [2.45, 2.75) is 31.7 Å². The molecule has 2 saturated heterocycles. The Morgan fingerprint density at radius 3 is 2.55 bits per heavy atom. The van der Waals surface area contributed by atoms with Gasteiger partial charge in [0, 0.05) is 44.7 Å². The van der Waals surface area contributed by atoms with Crippen molar-refractivity contribution in [1.82, 2.24) is 34.9 Å². The Hall–Kier alpha value is -4.81. The second kappa shape index (κ2) is 13.9. The fourth-order valence-corrected chi connectivity index (χ4v) is 6.57. The summed E-state index contributed by atoms with van der Waals surface area (Å²) < 4.78 is 6.73. The van der Waals surface area contributed by atoms with Gasteiger partial charge in [0.1, 0.15) is 18.0 Å². The smallest absolute Gasteiger partial charge is 0.391 e. The summed E-state index contributed by atoms with van der Waals surface area (Å²) in [5.41, 5.74) is 3.27. The third kappa shape index (κ3) is 6.98. The quantitative estimate of drug-likeness (QED) is 0.175. The molecule has 1 aromatic heterocycles. The lowest BCUT2D eigenvalue weighted by Crippen LogP contribution is -2.76. The average Bonchev–Trinajstić information content (AvgIpc) is 3.44. The maximum atomic E-state index is 14.4. The molecule has 6 rings (SSSR count). The first-order chi connectivity index (χ1) is 22.7. The largest absolute Gasteiger partial charge is 0.427 e. The summed E-state index contributed by atoms with van der Waals surface area (Å²) in [4.78, 5) is 63.9. The first-order valence-corrected chi connectivity index (χ1v) is 16.3. The zero-order valence-corrected chi connectivity index (χ0v) is 26.7. The molecule has 0 radical (unpaired) electrons. The molecule has 0 saturated carbocycles. The Balaban J connectivity index is 1.35. The highest BCUT2D eigenvalue weighted by Crippen LogP contribution is 2.32. The Bertz CT molecular complexity index is 1770. The van der Waals surface area contributed by atoms with E-state index in [2.05, 4.69) is 17.0 Å². The van der Waals surface area contributed by atoms with Crippen LogP contribution in [0.4, 0.5) is 4.79 Å². The zero-order chi connectivity index (χ0) is 33.1. The van der Waals surface area contributed by atoms with Crippen molar-refractivity contribution in [2.75, 3.05) is 19.6 Å². The number of piperazine rings is 1. The number of amides is 4. The van der Waals surface area contributed by atoms with Crippen LogP contribution >= 0.6 is 8.60 Å². The molecule has 0 spiro atoms. The molecule has 47 heavy (non-hydrogen) atoms. The van der Waals surface area contributed by atoms with Crippen molar-refractivity contribution in [3.05, 3.63) is 108 Å². The van der Waals surface area contributed by atoms with Gasteiger partial charge in [-0.05, 0) is 28.8 Å². The molecule has 0 bridgehead atoms. The van der Waals surface area contributed by atoms with Crippen molar-refractivity contribution in [1.29, 1.82) is 0 Å². The fourth-order valence-electron chi connectivity index (χ4n) is 6.26. The standard InChI is InChI=1S/C33H36N7O6P/c1-3-16-38-22-30(41)39-28(17-23-12-14-27(15-13-23)46-47(44)45)32(42)37(20-26-11-7-10-25-19-36(2)35-31(25)26)21-29(39)40(38)33(43)34-18-24-8-5-4-6-9-24/h3-15,19,28-29,44-45H,1,16-18,20-22H2,2H3,(H,34,43). The van der Waals surface area contributed by atoms with E-state index in [0.717, 1.165) is 27.6 Å². The van der Waals surface area contributed by atoms with Gasteiger partial charge in [0.15, 0.2) is 0 Å². The van der Waals surface area contributed by atoms with Crippen molar-refractivity contribution >= 4 is 37.4 Å². The summed E-state index contributed by atoms with van der Waals surface area (Å²) in [6, 6.07) is 20.6. The van der Waals surface area contributed by atoms with Crippen LogP contribution in [-0.2, 0) is 36.1 Å². The first-order valence-electron chi connectivity index (χ1n) is 15.1. The van der Waals surface area contributed by atoms with E-state index in [1.54, 1.807) is 49.9 Å². The van der Waals surface area contributed by atoms with E-state index in [-0.39, 0.29) is 56.7 Å². The minimum absolute atomic E-state index is 0.0834. The van der Waals surface area contributed by atoms with Crippen molar-refractivity contribution < 1.29 is 28.7 Å². The van der Waals surface area contributed by atoms with E-state index in [0.29, 0.717) is 0 Å². The molecule has 3 N–H and O–H groups in total. The van der Waals surface area contributed by atoms with Crippen LogP contribution in [-0.4, -0.2) is 89.1 Å². The summed E-state index contributed by atoms with van der Waals surface area (Å²) in [7, 11) is -0.738. The number of fused-ring (bicyclic) bond motifs is 2. The zero-order valence-electron chi connectivity index (χ0n) is 25.8. The lowest BCUT2D eigenvalue weighted by atomic mass is 9.98. The topological polar surface area (TPSA) is 144 Å². The van der Waals surface area contributed by atoms with Gasteiger partial charge in [-0.2, -0.15) is 5.10 Å². The maximum Gasteiger partial charge on any atom is 0.391 e. The number of benzene rings is 3. The van der Waals surface area contributed by atoms with E-state index in [1.807, 2.05) is 61.8 Å². The summed E-state index contributed by atoms with van der Waals surface area (Å²) in [5.74, 6) is -0.267. The fraction of sp³-hybridized carbons (Fsp3) is 0.273. The molecule has 0 aliphatic carbocycles. The predicted molar refractivity (Wildman–Crippen MR) is 175 cm³/mol. The number of aryl methyl sites for hydroxylation is 1. The molecule has 244 valence electrons. The van der Waals surface area contributed by atoms with E-state index < -0.39 is 26.8 Å². The number of rotatable bonds is 10. The van der Waals surface area contributed by atoms with Crippen LogP contribution in [0.25, 0.3) is 10.9 Å². The van der Waals surface area contributed by atoms with Crippen molar-refractivity contribution in [3.8, 4) is 5.75 Å². The number of hydrogen-bond donors (Lipinski definition) is 3. The third-order valence-electron chi connectivity index (χ3n) is 8.30. The molecule has 2 aliphatic heterocycles. The summed E-state index contributed by atoms with van der Waals surface area (Å²) in [5, 5.41) is 11.8.